The van der Waals surface area contributed by atoms with Crippen molar-refractivity contribution in [1.82, 2.24) is 4.98 Å². The lowest BCUT2D eigenvalue weighted by molar-refractivity contribution is 0.0998. The Kier molecular flexibility index (Phi) is 4.31. The number of benzene rings is 2. The number of furan rings is 1. The maximum Gasteiger partial charge on any atom is 0.293 e. The Balaban J connectivity index is 1.56. The molecule has 0 aliphatic heterocycles. The maximum atomic E-state index is 12.6. The number of hydrogen-bond donors (Lipinski definition) is 1. The lowest BCUT2D eigenvalue weighted by Crippen LogP contribution is -2.11. The summed E-state index contributed by atoms with van der Waals surface area (Å²) in [6.07, 6.45) is 0.809. The van der Waals surface area contributed by atoms with Crippen molar-refractivity contribution in [3.63, 3.8) is 0 Å². The molecule has 2 heterocycles. The van der Waals surface area contributed by atoms with Crippen LogP contribution < -0.4 is 5.32 Å². The molecule has 1 N–H and O–H groups in total. The first-order valence-corrected chi connectivity index (χ1v) is 9.23. The molecule has 0 unspecified atom stereocenters. The van der Waals surface area contributed by atoms with Gasteiger partial charge in [0.05, 0.1) is 5.69 Å². The van der Waals surface area contributed by atoms with E-state index in [2.05, 4.69) is 22.4 Å². The molecule has 2 aromatic carbocycles. The van der Waals surface area contributed by atoms with Crippen LogP contribution in [-0.2, 0) is 6.42 Å². The van der Waals surface area contributed by atoms with Crippen molar-refractivity contribution in [1.29, 1.82) is 0 Å². The van der Waals surface area contributed by atoms with E-state index >= 15 is 0 Å². The minimum absolute atomic E-state index is 0.265. The number of para-hydroxylation sites is 1. The first-order valence-electron chi connectivity index (χ1n) is 8.41. The molecule has 0 fully saturated rings. The molecule has 0 bridgehead atoms. The van der Waals surface area contributed by atoms with Crippen LogP contribution >= 0.6 is 11.3 Å². The van der Waals surface area contributed by atoms with Gasteiger partial charge in [0, 0.05) is 22.2 Å². The van der Waals surface area contributed by atoms with Gasteiger partial charge in [-0.05, 0) is 25.5 Å². The molecule has 26 heavy (non-hydrogen) atoms. The second-order valence-electron chi connectivity index (χ2n) is 6.20. The summed E-state index contributed by atoms with van der Waals surface area (Å²) in [5.41, 5.74) is 3.73. The average molecular weight is 362 g/mol. The largest absolute Gasteiger partial charge is 0.451 e. The third kappa shape index (κ3) is 3.13. The van der Waals surface area contributed by atoms with Crippen LogP contribution in [0.5, 0.6) is 0 Å². The molecule has 0 saturated carbocycles. The molecule has 4 aromatic rings. The predicted molar refractivity (Wildman–Crippen MR) is 105 cm³/mol. The van der Waals surface area contributed by atoms with Gasteiger partial charge in [-0.1, -0.05) is 48.5 Å². The molecular formula is C21H18N2O2S. The van der Waals surface area contributed by atoms with E-state index in [0.717, 1.165) is 33.5 Å². The fraction of sp³-hybridized carbons (Fsp3) is 0.143. The number of aromatic nitrogens is 1. The van der Waals surface area contributed by atoms with Crippen LogP contribution in [-0.4, -0.2) is 10.9 Å². The molecule has 0 radical (unpaired) electrons. The van der Waals surface area contributed by atoms with Crippen LogP contribution in [0.25, 0.3) is 11.0 Å². The predicted octanol–water partition coefficient (Wildman–Crippen LogP) is 5.35. The van der Waals surface area contributed by atoms with E-state index in [1.54, 1.807) is 0 Å². The van der Waals surface area contributed by atoms with E-state index in [0.29, 0.717) is 10.9 Å². The van der Waals surface area contributed by atoms with E-state index in [-0.39, 0.29) is 5.91 Å². The third-order valence-corrected chi connectivity index (χ3v) is 5.44. The number of carbonyl (C=O) groups excluding carboxylic acids is 1. The maximum absolute atomic E-state index is 12.6. The molecular weight excluding hydrogens is 344 g/mol. The Bertz CT molecular complexity index is 1080. The minimum atomic E-state index is -0.265. The zero-order valence-corrected chi connectivity index (χ0v) is 15.4. The fourth-order valence-electron chi connectivity index (χ4n) is 2.97. The van der Waals surface area contributed by atoms with Gasteiger partial charge in [0.25, 0.3) is 5.91 Å². The summed E-state index contributed by atoms with van der Waals surface area (Å²) in [6.45, 7) is 3.87. The molecule has 0 aliphatic rings. The van der Waals surface area contributed by atoms with E-state index in [1.807, 2.05) is 56.3 Å². The molecule has 0 aliphatic carbocycles. The molecule has 130 valence electrons. The number of rotatable bonds is 4. The molecule has 0 atom stereocenters. The van der Waals surface area contributed by atoms with Crippen LogP contribution in [0, 0.1) is 13.8 Å². The first kappa shape index (κ1) is 16.5. The van der Waals surface area contributed by atoms with Crippen LogP contribution in [0.2, 0.25) is 0 Å². The molecule has 4 nitrogen and oxygen atoms in total. The highest BCUT2D eigenvalue weighted by Gasteiger charge is 2.19. The van der Waals surface area contributed by atoms with Crippen molar-refractivity contribution in [3.8, 4) is 0 Å². The Morgan fingerprint density at radius 2 is 1.81 bits per heavy atom. The zero-order valence-electron chi connectivity index (χ0n) is 14.6. The Morgan fingerprint density at radius 3 is 2.58 bits per heavy atom. The van der Waals surface area contributed by atoms with Crippen molar-refractivity contribution < 1.29 is 9.21 Å². The number of amides is 1. The topological polar surface area (TPSA) is 55.1 Å². The van der Waals surface area contributed by atoms with Gasteiger partial charge < -0.3 is 4.42 Å². The third-order valence-electron chi connectivity index (χ3n) is 4.37. The normalized spacial score (nSPS) is 11.0. The summed E-state index contributed by atoms with van der Waals surface area (Å²) >= 11 is 1.51. The number of aryl methyl sites for hydroxylation is 2. The number of nitrogens with zero attached hydrogens (tertiary/aromatic N) is 1. The van der Waals surface area contributed by atoms with Crippen molar-refractivity contribution in [2.75, 3.05) is 5.32 Å². The van der Waals surface area contributed by atoms with E-state index in [9.17, 15) is 4.79 Å². The second kappa shape index (κ2) is 6.77. The molecule has 4 rings (SSSR count). The van der Waals surface area contributed by atoms with Gasteiger partial charge in [-0.25, -0.2) is 4.98 Å². The number of anilines is 1. The number of carbonyl (C=O) groups is 1. The lowest BCUT2D eigenvalue weighted by atomic mass is 10.1. The van der Waals surface area contributed by atoms with E-state index < -0.39 is 0 Å². The van der Waals surface area contributed by atoms with Crippen LogP contribution in [0.15, 0.2) is 59.0 Å². The standard InChI is InChI=1S/C21H18N2O2S/c1-13-16-10-6-7-11-17(16)25-19(13)20(24)23-21-22-14(2)18(26-21)12-15-8-4-3-5-9-15/h3-11H,12H2,1-2H3,(H,22,23,24). The van der Waals surface area contributed by atoms with Crippen LogP contribution in [0.4, 0.5) is 5.13 Å². The van der Waals surface area contributed by atoms with E-state index in [1.165, 1.54) is 16.9 Å². The van der Waals surface area contributed by atoms with Crippen molar-refractivity contribution in [2.45, 2.75) is 20.3 Å². The summed E-state index contributed by atoms with van der Waals surface area (Å²) in [4.78, 5) is 18.3. The first-order chi connectivity index (χ1) is 12.6. The van der Waals surface area contributed by atoms with Gasteiger partial charge >= 0.3 is 0 Å². The minimum Gasteiger partial charge on any atom is -0.451 e. The number of thiazole rings is 1. The summed E-state index contributed by atoms with van der Waals surface area (Å²) in [7, 11) is 0. The highest BCUT2D eigenvalue weighted by molar-refractivity contribution is 7.15. The van der Waals surface area contributed by atoms with Gasteiger partial charge in [-0.3, -0.25) is 10.1 Å². The second-order valence-corrected chi connectivity index (χ2v) is 7.28. The van der Waals surface area contributed by atoms with Gasteiger partial charge in [0.15, 0.2) is 10.9 Å². The summed E-state index contributed by atoms with van der Waals surface area (Å²) < 4.78 is 5.73. The lowest BCUT2D eigenvalue weighted by Gasteiger charge is -1.99. The quantitative estimate of drug-likeness (QED) is 0.532. The molecule has 0 saturated heterocycles. The molecule has 5 heteroatoms. The van der Waals surface area contributed by atoms with Crippen molar-refractivity contribution >= 4 is 33.3 Å². The van der Waals surface area contributed by atoms with Crippen LogP contribution in [0.1, 0.15) is 32.3 Å². The van der Waals surface area contributed by atoms with Gasteiger partial charge in [-0.15, -0.1) is 11.3 Å². The van der Waals surface area contributed by atoms with Crippen LogP contribution in [0.3, 0.4) is 0 Å². The molecule has 0 spiro atoms. The monoisotopic (exact) mass is 362 g/mol. The molecule has 1 amide bonds. The number of nitrogens with one attached hydrogen (secondary N) is 1. The summed E-state index contributed by atoms with van der Waals surface area (Å²) in [5.74, 6) is 0.0716. The SMILES string of the molecule is Cc1nc(NC(=O)c2oc3ccccc3c2C)sc1Cc1ccccc1. The smallest absolute Gasteiger partial charge is 0.293 e. The van der Waals surface area contributed by atoms with Gasteiger partial charge in [0.1, 0.15) is 5.58 Å². The average Bonchev–Trinajstić information content (AvgIpc) is 3.16. The molecule has 2 aromatic heterocycles. The number of fused-ring (bicyclic) bond motifs is 1. The van der Waals surface area contributed by atoms with E-state index in [4.69, 9.17) is 4.42 Å². The zero-order chi connectivity index (χ0) is 18.1. The van der Waals surface area contributed by atoms with Gasteiger partial charge in [0.2, 0.25) is 0 Å². The Morgan fingerprint density at radius 1 is 1.08 bits per heavy atom. The summed E-state index contributed by atoms with van der Waals surface area (Å²) in [5, 5.41) is 4.43. The van der Waals surface area contributed by atoms with Crippen molar-refractivity contribution in [3.05, 3.63) is 82.1 Å². The number of hydrogen-bond acceptors (Lipinski definition) is 4. The summed E-state index contributed by atoms with van der Waals surface area (Å²) in [6, 6.07) is 17.9. The Hall–Kier alpha value is -2.92. The highest BCUT2D eigenvalue weighted by Crippen LogP contribution is 2.28. The fourth-order valence-corrected chi connectivity index (χ4v) is 3.96. The Labute approximate surface area is 155 Å². The van der Waals surface area contributed by atoms with Gasteiger partial charge in [-0.2, -0.15) is 0 Å². The van der Waals surface area contributed by atoms with Crippen molar-refractivity contribution in [2.24, 2.45) is 0 Å². The highest BCUT2D eigenvalue weighted by atomic mass is 32.1.